The molecule has 4 nitrogen and oxygen atoms in total. The van der Waals surface area contributed by atoms with Crippen molar-refractivity contribution in [3.05, 3.63) is 39.3 Å². The Labute approximate surface area is 118 Å². The summed E-state index contributed by atoms with van der Waals surface area (Å²) >= 11 is 13.2. The highest BCUT2D eigenvalue weighted by Gasteiger charge is 2.14. The van der Waals surface area contributed by atoms with Crippen LogP contribution in [-0.4, -0.2) is 18.0 Å². The summed E-state index contributed by atoms with van der Waals surface area (Å²) in [6.45, 7) is 0. The van der Waals surface area contributed by atoms with Crippen molar-refractivity contribution in [3.8, 4) is 5.75 Å². The second-order valence-corrected chi connectivity index (χ2v) is 4.97. The molecule has 0 fully saturated rings. The van der Waals surface area contributed by atoms with E-state index in [2.05, 4.69) is 10.3 Å². The van der Waals surface area contributed by atoms with Crippen LogP contribution in [0.15, 0.2) is 23.7 Å². The average Bonchev–Trinajstić information content (AvgIpc) is 2.81. The SMILES string of the molecule is COc1c(Cl)cc(C(=O)Nc2nccs2)cc1Cl. The summed E-state index contributed by atoms with van der Waals surface area (Å²) < 4.78 is 5.01. The van der Waals surface area contributed by atoms with E-state index in [-0.39, 0.29) is 16.0 Å². The van der Waals surface area contributed by atoms with Gasteiger partial charge in [-0.1, -0.05) is 23.2 Å². The van der Waals surface area contributed by atoms with Crippen molar-refractivity contribution < 1.29 is 9.53 Å². The molecule has 0 saturated carbocycles. The van der Waals surface area contributed by atoms with Gasteiger partial charge in [0.2, 0.25) is 0 Å². The molecule has 18 heavy (non-hydrogen) atoms. The minimum atomic E-state index is -0.323. The molecule has 0 aliphatic heterocycles. The molecule has 1 aromatic carbocycles. The van der Waals surface area contributed by atoms with Crippen molar-refractivity contribution in [2.24, 2.45) is 0 Å². The lowest BCUT2D eigenvalue weighted by Gasteiger charge is -2.08. The van der Waals surface area contributed by atoms with Gasteiger partial charge in [0.25, 0.3) is 5.91 Å². The van der Waals surface area contributed by atoms with Crippen LogP contribution in [0.4, 0.5) is 5.13 Å². The van der Waals surface area contributed by atoms with Crippen molar-refractivity contribution in [2.75, 3.05) is 12.4 Å². The fourth-order valence-corrected chi connectivity index (χ4v) is 2.51. The van der Waals surface area contributed by atoms with E-state index < -0.39 is 0 Å². The number of aromatic nitrogens is 1. The Morgan fingerprint density at radius 2 is 2.06 bits per heavy atom. The first-order valence-electron chi connectivity index (χ1n) is 4.85. The van der Waals surface area contributed by atoms with Crippen LogP contribution in [0.25, 0.3) is 0 Å². The van der Waals surface area contributed by atoms with Crippen LogP contribution in [-0.2, 0) is 0 Å². The highest BCUT2D eigenvalue weighted by molar-refractivity contribution is 7.13. The van der Waals surface area contributed by atoms with Crippen molar-refractivity contribution in [2.45, 2.75) is 0 Å². The zero-order valence-electron chi connectivity index (χ0n) is 9.24. The number of nitrogens with zero attached hydrogens (tertiary/aromatic N) is 1. The molecule has 1 N–H and O–H groups in total. The first kappa shape index (κ1) is 13.1. The summed E-state index contributed by atoms with van der Waals surface area (Å²) in [7, 11) is 1.46. The molecule has 0 spiro atoms. The number of carbonyl (C=O) groups excluding carboxylic acids is 1. The molecule has 0 saturated heterocycles. The number of benzene rings is 1. The van der Waals surface area contributed by atoms with Gasteiger partial charge in [-0.2, -0.15) is 0 Å². The molecule has 0 aliphatic carbocycles. The summed E-state index contributed by atoms with van der Waals surface area (Å²) in [5.74, 6) is 0.0283. The minimum Gasteiger partial charge on any atom is -0.494 e. The number of anilines is 1. The molecular weight excluding hydrogens is 295 g/mol. The van der Waals surface area contributed by atoms with E-state index in [1.54, 1.807) is 11.6 Å². The van der Waals surface area contributed by atoms with Gasteiger partial charge in [-0.25, -0.2) is 4.98 Å². The maximum Gasteiger partial charge on any atom is 0.257 e. The van der Waals surface area contributed by atoms with E-state index in [0.717, 1.165) is 0 Å². The van der Waals surface area contributed by atoms with Gasteiger partial charge < -0.3 is 4.74 Å². The molecule has 2 rings (SSSR count). The van der Waals surface area contributed by atoms with E-state index in [1.807, 2.05) is 0 Å². The van der Waals surface area contributed by atoms with E-state index in [9.17, 15) is 4.79 Å². The zero-order valence-corrected chi connectivity index (χ0v) is 11.6. The molecule has 0 unspecified atom stereocenters. The molecule has 1 heterocycles. The number of rotatable bonds is 3. The third-order valence-electron chi connectivity index (χ3n) is 2.12. The third-order valence-corrected chi connectivity index (χ3v) is 3.37. The molecule has 2 aromatic rings. The highest BCUT2D eigenvalue weighted by atomic mass is 35.5. The normalized spacial score (nSPS) is 10.2. The van der Waals surface area contributed by atoms with Gasteiger partial charge in [0, 0.05) is 17.1 Å². The van der Waals surface area contributed by atoms with Crippen molar-refractivity contribution >= 4 is 45.6 Å². The molecule has 0 radical (unpaired) electrons. The number of ether oxygens (including phenoxy) is 1. The van der Waals surface area contributed by atoms with Gasteiger partial charge in [-0.15, -0.1) is 11.3 Å². The van der Waals surface area contributed by atoms with E-state index in [4.69, 9.17) is 27.9 Å². The van der Waals surface area contributed by atoms with Crippen LogP contribution in [0.3, 0.4) is 0 Å². The maximum atomic E-state index is 11.9. The van der Waals surface area contributed by atoms with Crippen molar-refractivity contribution in [3.63, 3.8) is 0 Å². The first-order chi connectivity index (χ1) is 8.61. The molecule has 0 atom stereocenters. The second kappa shape index (κ2) is 5.56. The maximum absolute atomic E-state index is 11.9. The molecule has 0 bridgehead atoms. The van der Waals surface area contributed by atoms with Crippen LogP contribution in [0.5, 0.6) is 5.75 Å². The standard InChI is InChI=1S/C11H8Cl2N2O2S/c1-17-9-7(12)4-6(5-8(9)13)10(16)15-11-14-2-3-18-11/h2-5H,1H3,(H,14,15,16). The minimum absolute atomic E-state index is 0.286. The Morgan fingerprint density at radius 1 is 1.39 bits per heavy atom. The molecule has 7 heteroatoms. The van der Waals surface area contributed by atoms with Crippen molar-refractivity contribution in [1.29, 1.82) is 0 Å². The van der Waals surface area contributed by atoms with Crippen LogP contribution in [0, 0.1) is 0 Å². The van der Waals surface area contributed by atoms with Gasteiger partial charge in [-0.05, 0) is 12.1 Å². The van der Waals surface area contributed by atoms with Gasteiger partial charge in [0.1, 0.15) is 0 Å². The fourth-order valence-electron chi connectivity index (χ4n) is 1.34. The Balaban J connectivity index is 2.26. The van der Waals surface area contributed by atoms with E-state index in [0.29, 0.717) is 16.4 Å². The summed E-state index contributed by atoms with van der Waals surface area (Å²) in [6.07, 6.45) is 1.61. The Kier molecular flexibility index (Phi) is 4.06. The number of nitrogens with one attached hydrogen (secondary N) is 1. The van der Waals surface area contributed by atoms with E-state index >= 15 is 0 Å². The number of halogens is 2. The first-order valence-corrected chi connectivity index (χ1v) is 6.49. The summed E-state index contributed by atoms with van der Waals surface area (Å²) in [5, 5.41) is 5.50. The molecular formula is C11H8Cl2N2O2S. The van der Waals surface area contributed by atoms with Crippen LogP contribution < -0.4 is 10.1 Å². The van der Waals surface area contributed by atoms with E-state index in [1.165, 1.54) is 30.6 Å². The zero-order chi connectivity index (χ0) is 13.1. The van der Waals surface area contributed by atoms with Gasteiger partial charge in [0.05, 0.1) is 17.2 Å². The summed E-state index contributed by atoms with van der Waals surface area (Å²) in [4.78, 5) is 15.9. The number of thiazole rings is 1. The summed E-state index contributed by atoms with van der Waals surface area (Å²) in [6, 6.07) is 2.99. The Hall–Kier alpha value is -1.30. The predicted octanol–water partition coefficient (Wildman–Crippen LogP) is 3.71. The largest absolute Gasteiger partial charge is 0.494 e. The fraction of sp³-hybridized carbons (Fsp3) is 0.0909. The topological polar surface area (TPSA) is 51.2 Å². The van der Waals surface area contributed by atoms with Gasteiger partial charge in [0.15, 0.2) is 10.9 Å². The van der Waals surface area contributed by atoms with Crippen LogP contribution >= 0.6 is 34.5 Å². The second-order valence-electron chi connectivity index (χ2n) is 3.26. The van der Waals surface area contributed by atoms with Gasteiger partial charge in [-0.3, -0.25) is 10.1 Å². The lowest BCUT2D eigenvalue weighted by atomic mass is 10.2. The number of hydrogen-bond acceptors (Lipinski definition) is 4. The molecule has 1 amide bonds. The Morgan fingerprint density at radius 3 is 2.56 bits per heavy atom. The number of hydrogen-bond donors (Lipinski definition) is 1. The average molecular weight is 303 g/mol. The molecule has 1 aromatic heterocycles. The Bertz CT molecular complexity index is 549. The predicted molar refractivity (Wildman–Crippen MR) is 73.1 cm³/mol. The number of carbonyl (C=O) groups is 1. The van der Waals surface area contributed by atoms with Gasteiger partial charge >= 0.3 is 0 Å². The van der Waals surface area contributed by atoms with Crippen LogP contribution in [0.2, 0.25) is 10.0 Å². The number of amides is 1. The summed E-state index contributed by atoms with van der Waals surface area (Å²) in [5.41, 5.74) is 0.348. The van der Waals surface area contributed by atoms with Crippen molar-refractivity contribution in [1.82, 2.24) is 4.98 Å². The lowest BCUT2D eigenvalue weighted by molar-refractivity contribution is 0.102. The number of methoxy groups -OCH3 is 1. The quantitative estimate of drug-likeness (QED) is 0.940. The lowest BCUT2D eigenvalue weighted by Crippen LogP contribution is -2.11. The monoisotopic (exact) mass is 302 g/mol. The van der Waals surface area contributed by atoms with Crippen LogP contribution in [0.1, 0.15) is 10.4 Å². The molecule has 94 valence electrons. The smallest absolute Gasteiger partial charge is 0.257 e. The third kappa shape index (κ3) is 2.75. The molecule has 0 aliphatic rings. The highest BCUT2D eigenvalue weighted by Crippen LogP contribution is 2.34.